The molecule has 4 rings (SSSR count). The summed E-state index contributed by atoms with van der Waals surface area (Å²) in [4.78, 5) is 0.299. The first kappa shape index (κ1) is 18.7. The van der Waals surface area contributed by atoms with Gasteiger partial charge in [0.25, 0.3) is 10.0 Å². The van der Waals surface area contributed by atoms with Gasteiger partial charge >= 0.3 is 0 Å². The highest BCUT2D eigenvalue weighted by Gasteiger charge is 2.36. The van der Waals surface area contributed by atoms with Gasteiger partial charge in [-0.1, -0.05) is 69.3 Å². The van der Waals surface area contributed by atoms with Crippen LogP contribution in [0.1, 0.15) is 37.6 Å². The third kappa shape index (κ3) is 3.33. The van der Waals surface area contributed by atoms with Crippen molar-refractivity contribution in [1.29, 1.82) is 0 Å². The van der Waals surface area contributed by atoms with E-state index in [2.05, 4.69) is 5.10 Å². The van der Waals surface area contributed by atoms with Gasteiger partial charge in [-0.15, -0.1) is 0 Å². The van der Waals surface area contributed by atoms with Crippen LogP contribution in [0.4, 0.5) is 5.69 Å². The normalized spacial score (nSPS) is 14.3. The van der Waals surface area contributed by atoms with Gasteiger partial charge in [0, 0.05) is 18.2 Å². The Balaban J connectivity index is 1.78. The zero-order chi connectivity index (χ0) is 19.9. The fraction of sp³-hybridized carbons (Fsp3) is 0.318. The Morgan fingerprint density at radius 2 is 1.68 bits per heavy atom. The first-order valence-corrected chi connectivity index (χ1v) is 10.9. The molecular weight excluding hydrogens is 370 g/mol. The van der Waals surface area contributed by atoms with Crippen molar-refractivity contribution in [2.45, 2.75) is 44.0 Å². The fourth-order valence-corrected chi connectivity index (χ4v) is 5.49. The maximum atomic E-state index is 13.6. The van der Waals surface area contributed by atoms with E-state index in [0.29, 0.717) is 23.7 Å². The first-order chi connectivity index (χ1) is 13.3. The molecule has 146 valence electrons. The maximum Gasteiger partial charge on any atom is 0.267 e. The average Bonchev–Trinajstić information content (AvgIpc) is 3.27. The van der Waals surface area contributed by atoms with Gasteiger partial charge in [0.05, 0.1) is 17.9 Å². The van der Waals surface area contributed by atoms with E-state index in [9.17, 15) is 8.42 Å². The van der Waals surface area contributed by atoms with E-state index in [-0.39, 0.29) is 5.41 Å². The van der Waals surface area contributed by atoms with Crippen LogP contribution in [0.15, 0.2) is 65.7 Å². The lowest BCUT2D eigenvalue weighted by Crippen LogP contribution is -2.31. The van der Waals surface area contributed by atoms with E-state index >= 15 is 0 Å². The average molecular weight is 396 g/mol. The maximum absolute atomic E-state index is 13.6. The van der Waals surface area contributed by atoms with Gasteiger partial charge in [-0.05, 0) is 23.6 Å². The quantitative estimate of drug-likeness (QED) is 0.671. The van der Waals surface area contributed by atoms with Crippen LogP contribution < -0.4 is 4.31 Å². The topological polar surface area (TPSA) is 55.2 Å². The highest BCUT2D eigenvalue weighted by molar-refractivity contribution is 7.93. The largest absolute Gasteiger partial charge is 0.267 e. The molecule has 3 aromatic rings. The first-order valence-electron chi connectivity index (χ1n) is 9.49. The van der Waals surface area contributed by atoms with Crippen molar-refractivity contribution in [3.63, 3.8) is 0 Å². The second-order valence-corrected chi connectivity index (χ2v) is 10.1. The van der Waals surface area contributed by atoms with Gasteiger partial charge in [-0.3, -0.25) is 8.99 Å². The molecule has 0 aliphatic carbocycles. The molecule has 0 spiro atoms. The number of benzene rings is 2. The summed E-state index contributed by atoms with van der Waals surface area (Å²) in [7, 11) is -3.69. The van der Waals surface area contributed by atoms with E-state index in [1.165, 1.54) is 4.31 Å². The van der Waals surface area contributed by atoms with Crippen LogP contribution in [0.2, 0.25) is 0 Å². The van der Waals surface area contributed by atoms with Crippen molar-refractivity contribution in [2.75, 3.05) is 10.8 Å². The lowest BCUT2D eigenvalue weighted by molar-refractivity contribution is 0.532. The molecule has 0 amide bonds. The van der Waals surface area contributed by atoms with E-state index in [0.717, 1.165) is 23.2 Å². The summed E-state index contributed by atoms with van der Waals surface area (Å²) in [5.41, 5.74) is 3.15. The van der Waals surface area contributed by atoms with Crippen LogP contribution >= 0.6 is 0 Å². The summed E-state index contributed by atoms with van der Waals surface area (Å²) < 4.78 is 30.5. The number of para-hydroxylation sites is 1. The number of rotatable bonds is 4. The van der Waals surface area contributed by atoms with E-state index in [1.807, 2.05) is 75.4 Å². The molecule has 1 aromatic heterocycles. The molecule has 1 aliphatic heterocycles. The highest BCUT2D eigenvalue weighted by Crippen LogP contribution is 2.36. The van der Waals surface area contributed by atoms with Crippen LogP contribution in [0.5, 0.6) is 0 Å². The number of anilines is 1. The molecule has 0 atom stereocenters. The van der Waals surface area contributed by atoms with Crippen LogP contribution in [-0.2, 0) is 28.4 Å². The molecule has 2 aromatic carbocycles. The Morgan fingerprint density at radius 1 is 1.00 bits per heavy atom. The Bertz CT molecular complexity index is 1100. The van der Waals surface area contributed by atoms with E-state index in [4.69, 9.17) is 0 Å². The molecule has 0 fully saturated rings. The molecule has 5 nitrogen and oxygen atoms in total. The molecule has 28 heavy (non-hydrogen) atoms. The Kier molecular flexibility index (Phi) is 4.54. The highest BCUT2D eigenvalue weighted by atomic mass is 32.2. The van der Waals surface area contributed by atoms with E-state index in [1.54, 1.807) is 10.9 Å². The minimum atomic E-state index is -3.69. The van der Waals surface area contributed by atoms with Crippen LogP contribution in [0.25, 0.3) is 0 Å². The van der Waals surface area contributed by atoms with Crippen LogP contribution in [-0.4, -0.2) is 24.7 Å². The van der Waals surface area contributed by atoms with Crippen molar-refractivity contribution in [2.24, 2.45) is 0 Å². The molecule has 0 radical (unpaired) electrons. The minimum absolute atomic E-state index is 0.299. The van der Waals surface area contributed by atoms with Crippen molar-refractivity contribution in [3.8, 4) is 0 Å². The van der Waals surface area contributed by atoms with Crippen LogP contribution in [0, 0.1) is 0 Å². The molecular formula is C22H25N3O2S. The summed E-state index contributed by atoms with van der Waals surface area (Å²) in [6.45, 7) is 7.00. The molecule has 0 saturated carbocycles. The SMILES string of the molecule is CC(C)(C)c1nn(Cc2ccccc2)cc1S(=O)(=O)N1CCc2ccccc21. The predicted molar refractivity (Wildman–Crippen MR) is 111 cm³/mol. The number of nitrogens with zero attached hydrogens (tertiary/aromatic N) is 3. The monoisotopic (exact) mass is 395 g/mol. The predicted octanol–water partition coefficient (Wildman–Crippen LogP) is 3.98. The molecule has 0 unspecified atom stereocenters. The smallest absolute Gasteiger partial charge is 0.267 e. The zero-order valence-corrected chi connectivity index (χ0v) is 17.3. The standard InChI is InChI=1S/C22H25N3O2S/c1-22(2,3)21-20(16-24(23-21)15-17-9-5-4-6-10-17)28(26,27)25-14-13-18-11-7-8-12-19(18)25/h4-12,16H,13-15H2,1-3H3. The lowest BCUT2D eigenvalue weighted by atomic mass is 9.92. The van der Waals surface area contributed by atoms with Gasteiger partial charge in [-0.2, -0.15) is 5.10 Å². The summed E-state index contributed by atoms with van der Waals surface area (Å²) in [5, 5.41) is 4.68. The summed E-state index contributed by atoms with van der Waals surface area (Å²) >= 11 is 0. The third-order valence-corrected chi connectivity index (χ3v) is 6.85. The summed E-state index contributed by atoms with van der Waals surface area (Å²) in [5.74, 6) is 0. The van der Waals surface area contributed by atoms with Gasteiger partial charge < -0.3 is 0 Å². The van der Waals surface area contributed by atoms with Gasteiger partial charge in [0.15, 0.2) is 0 Å². The molecule has 6 heteroatoms. The number of sulfonamides is 1. The van der Waals surface area contributed by atoms with Gasteiger partial charge in [0.1, 0.15) is 4.90 Å². The molecule has 1 aliphatic rings. The van der Waals surface area contributed by atoms with Crippen molar-refractivity contribution >= 4 is 15.7 Å². The Hall–Kier alpha value is -2.60. The second-order valence-electron chi connectivity index (χ2n) is 8.23. The third-order valence-electron chi connectivity index (χ3n) is 5.04. The van der Waals surface area contributed by atoms with Gasteiger partial charge in [0.2, 0.25) is 0 Å². The Labute approximate surface area is 166 Å². The molecule has 0 bridgehead atoms. The number of hydrogen-bond donors (Lipinski definition) is 0. The summed E-state index contributed by atoms with van der Waals surface area (Å²) in [6.07, 6.45) is 2.42. The number of fused-ring (bicyclic) bond motifs is 1. The minimum Gasteiger partial charge on any atom is -0.267 e. The second kappa shape index (κ2) is 6.78. The molecule has 2 heterocycles. The molecule has 0 saturated heterocycles. The van der Waals surface area contributed by atoms with Crippen LogP contribution in [0.3, 0.4) is 0 Å². The van der Waals surface area contributed by atoms with E-state index < -0.39 is 10.0 Å². The molecule has 0 N–H and O–H groups in total. The number of hydrogen-bond acceptors (Lipinski definition) is 3. The van der Waals surface area contributed by atoms with Gasteiger partial charge in [-0.25, -0.2) is 8.42 Å². The fourth-order valence-electron chi connectivity index (χ4n) is 3.64. The Morgan fingerprint density at radius 3 is 2.39 bits per heavy atom. The zero-order valence-electron chi connectivity index (χ0n) is 16.5. The summed E-state index contributed by atoms with van der Waals surface area (Å²) in [6, 6.07) is 17.7. The van der Waals surface area contributed by atoms with Crippen molar-refractivity contribution < 1.29 is 8.42 Å². The lowest BCUT2D eigenvalue weighted by Gasteiger charge is -2.22. The number of aromatic nitrogens is 2. The van der Waals surface area contributed by atoms with Crippen molar-refractivity contribution in [3.05, 3.63) is 77.6 Å². The van der Waals surface area contributed by atoms with Crippen molar-refractivity contribution in [1.82, 2.24) is 9.78 Å².